The van der Waals surface area contributed by atoms with Crippen LogP contribution in [0.3, 0.4) is 0 Å². The largest absolute Gasteiger partial charge is 0.411 e. The first-order chi connectivity index (χ1) is 10.6. The van der Waals surface area contributed by atoms with Gasteiger partial charge in [0.2, 0.25) is 0 Å². The van der Waals surface area contributed by atoms with E-state index in [0.29, 0.717) is 24.3 Å². The van der Waals surface area contributed by atoms with Gasteiger partial charge in [-0.1, -0.05) is 10.3 Å². The summed E-state index contributed by atoms with van der Waals surface area (Å²) < 4.78 is 0.0481. The molecule has 0 atom stereocenters. The summed E-state index contributed by atoms with van der Waals surface area (Å²) in [5.74, 6) is 0. The van der Waals surface area contributed by atoms with Gasteiger partial charge in [-0.2, -0.15) is 0 Å². The molecule has 134 valence electrons. The molecule has 0 aromatic rings. The van der Waals surface area contributed by atoms with Gasteiger partial charge in [0.05, 0.1) is 22.5 Å². The van der Waals surface area contributed by atoms with Gasteiger partial charge in [0.25, 0.3) is 0 Å². The molecule has 0 saturated carbocycles. The Kier molecular flexibility index (Phi) is 9.86. The van der Waals surface area contributed by atoms with Crippen molar-refractivity contribution in [3.05, 3.63) is 0 Å². The molecule has 0 aliphatic heterocycles. The number of oxime groups is 2. The number of hydrogen-bond donors (Lipinski definition) is 4. The lowest BCUT2D eigenvalue weighted by Gasteiger charge is -2.28. The number of carbonyl (C=O) groups excluding carboxylic acids is 1. The topological polar surface area (TPSA) is 106 Å². The lowest BCUT2D eigenvalue weighted by atomic mass is 9.94. The molecule has 0 aliphatic carbocycles. The second-order valence-corrected chi connectivity index (χ2v) is 7.75. The van der Waals surface area contributed by atoms with Gasteiger partial charge in [-0.3, -0.25) is 4.79 Å². The Bertz CT molecular complexity index is 448. The van der Waals surface area contributed by atoms with Crippen LogP contribution < -0.4 is 10.6 Å². The number of hydrogen-bond acceptors (Lipinski definition) is 7. The summed E-state index contributed by atoms with van der Waals surface area (Å²) in [7, 11) is 0. The number of nitrogens with zero attached hydrogens (tertiary/aromatic N) is 2. The minimum Gasteiger partial charge on any atom is -0.411 e. The van der Waals surface area contributed by atoms with E-state index >= 15 is 0 Å². The van der Waals surface area contributed by atoms with Gasteiger partial charge in [0.1, 0.15) is 0 Å². The Labute approximate surface area is 152 Å². The van der Waals surface area contributed by atoms with E-state index in [1.807, 2.05) is 27.7 Å². The van der Waals surface area contributed by atoms with Crippen molar-refractivity contribution in [1.29, 1.82) is 0 Å². The molecule has 0 aromatic carbocycles. The predicted octanol–water partition coefficient (Wildman–Crippen LogP) is 2.54. The van der Waals surface area contributed by atoms with Crippen LogP contribution in [0.2, 0.25) is 0 Å². The fraction of sp³-hybridized carbons (Fsp3) is 0.800. The number of rotatable bonds is 11. The van der Waals surface area contributed by atoms with Crippen molar-refractivity contribution in [2.75, 3.05) is 13.1 Å². The fourth-order valence-corrected chi connectivity index (χ4v) is 2.22. The SMILES string of the molecule is C/C(=N\O)C(C)(C)NCCCNC(C)(C)/C(CCC(=O)I)=N/O. The van der Waals surface area contributed by atoms with Gasteiger partial charge >= 0.3 is 0 Å². The molecule has 0 bridgehead atoms. The van der Waals surface area contributed by atoms with Crippen LogP contribution in [0.1, 0.15) is 53.9 Å². The van der Waals surface area contributed by atoms with Crippen molar-refractivity contribution in [3.63, 3.8) is 0 Å². The first kappa shape index (κ1) is 22.3. The second kappa shape index (κ2) is 10.2. The zero-order valence-corrected chi connectivity index (χ0v) is 16.8. The van der Waals surface area contributed by atoms with Crippen LogP contribution in [0.5, 0.6) is 0 Å². The highest BCUT2D eigenvalue weighted by atomic mass is 127. The van der Waals surface area contributed by atoms with Gasteiger partial charge in [0.15, 0.2) is 3.79 Å². The summed E-state index contributed by atoms with van der Waals surface area (Å²) in [4.78, 5) is 11.1. The number of nitrogens with one attached hydrogen (secondary N) is 2. The van der Waals surface area contributed by atoms with E-state index in [1.54, 1.807) is 29.5 Å². The Hall–Kier alpha value is -0.740. The van der Waals surface area contributed by atoms with Gasteiger partial charge in [0, 0.05) is 6.42 Å². The molecule has 0 spiro atoms. The van der Waals surface area contributed by atoms with Crippen molar-refractivity contribution in [1.82, 2.24) is 10.6 Å². The van der Waals surface area contributed by atoms with Crippen molar-refractivity contribution in [3.8, 4) is 0 Å². The lowest BCUT2D eigenvalue weighted by Crippen LogP contribution is -2.49. The monoisotopic (exact) mass is 440 g/mol. The average Bonchev–Trinajstić information content (AvgIpc) is 2.45. The van der Waals surface area contributed by atoms with E-state index in [2.05, 4.69) is 20.9 Å². The minimum atomic E-state index is -0.473. The normalized spacial score (nSPS) is 14.2. The summed E-state index contributed by atoms with van der Waals surface area (Å²) in [6.45, 7) is 11.0. The molecule has 0 saturated heterocycles. The van der Waals surface area contributed by atoms with Gasteiger partial charge < -0.3 is 21.0 Å². The molecule has 7 nitrogen and oxygen atoms in total. The maximum Gasteiger partial charge on any atom is 0.192 e. The predicted molar refractivity (Wildman–Crippen MR) is 101 cm³/mol. The molecule has 0 amide bonds. The van der Waals surface area contributed by atoms with E-state index in [1.165, 1.54) is 0 Å². The molecule has 0 aliphatic rings. The third-order valence-corrected chi connectivity index (χ3v) is 4.48. The minimum absolute atomic E-state index is 0.0481. The quantitative estimate of drug-likeness (QED) is 0.0987. The molecule has 0 radical (unpaired) electrons. The highest BCUT2D eigenvalue weighted by molar-refractivity contribution is 14.1. The van der Waals surface area contributed by atoms with E-state index in [-0.39, 0.29) is 9.33 Å². The van der Waals surface area contributed by atoms with Crippen LogP contribution in [0.4, 0.5) is 0 Å². The molecule has 8 heteroatoms. The molecule has 0 aromatic heterocycles. The highest BCUT2D eigenvalue weighted by Crippen LogP contribution is 2.12. The molecule has 4 N–H and O–H groups in total. The van der Waals surface area contributed by atoms with Crippen LogP contribution in [-0.4, -0.2) is 49.8 Å². The van der Waals surface area contributed by atoms with E-state index in [0.717, 1.165) is 19.5 Å². The third-order valence-electron chi connectivity index (χ3n) is 3.94. The van der Waals surface area contributed by atoms with E-state index in [4.69, 9.17) is 10.4 Å². The smallest absolute Gasteiger partial charge is 0.192 e. The summed E-state index contributed by atoms with van der Waals surface area (Å²) in [5, 5.41) is 31.2. The van der Waals surface area contributed by atoms with E-state index < -0.39 is 5.54 Å². The Morgan fingerprint density at radius 2 is 1.52 bits per heavy atom. The average molecular weight is 440 g/mol. The van der Waals surface area contributed by atoms with Crippen LogP contribution in [0, 0.1) is 0 Å². The van der Waals surface area contributed by atoms with Crippen molar-refractivity contribution >= 4 is 37.8 Å². The Balaban J connectivity index is 4.27. The van der Waals surface area contributed by atoms with Crippen LogP contribution in [0.15, 0.2) is 10.3 Å². The van der Waals surface area contributed by atoms with Crippen LogP contribution in [-0.2, 0) is 4.79 Å². The van der Waals surface area contributed by atoms with Crippen molar-refractivity contribution in [2.24, 2.45) is 10.3 Å². The third kappa shape index (κ3) is 8.61. The van der Waals surface area contributed by atoms with Crippen LogP contribution >= 0.6 is 22.6 Å². The molecular formula is C15H29IN4O3. The number of halogens is 1. The Morgan fingerprint density at radius 1 is 1.00 bits per heavy atom. The first-order valence-electron chi connectivity index (χ1n) is 7.65. The lowest BCUT2D eigenvalue weighted by molar-refractivity contribution is -0.109. The molecule has 0 heterocycles. The summed E-state index contributed by atoms with van der Waals surface area (Å²) in [5.41, 5.74) is 0.365. The van der Waals surface area contributed by atoms with Crippen LogP contribution in [0.25, 0.3) is 0 Å². The summed E-state index contributed by atoms with van der Waals surface area (Å²) in [6.07, 6.45) is 1.66. The second-order valence-electron chi connectivity index (χ2n) is 6.54. The van der Waals surface area contributed by atoms with Crippen molar-refractivity contribution in [2.45, 2.75) is 65.0 Å². The Morgan fingerprint density at radius 3 is 1.96 bits per heavy atom. The zero-order chi connectivity index (χ0) is 18.1. The molecule has 0 rings (SSSR count). The first-order valence-corrected chi connectivity index (χ1v) is 8.73. The highest BCUT2D eigenvalue weighted by Gasteiger charge is 2.25. The summed E-state index contributed by atoms with van der Waals surface area (Å²) >= 11 is 1.74. The maximum atomic E-state index is 11.1. The van der Waals surface area contributed by atoms with Crippen molar-refractivity contribution < 1.29 is 15.2 Å². The number of carbonyl (C=O) groups is 1. The van der Waals surface area contributed by atoms with Gasteiger partial charge in [-0.25, -0.2) is 0 Å². The molecule has 0 unspecified atom stereocenters. The molecule has 23 heavy (non-hydrogen) atoms. The summed E-state index contributed by atoms with van der Waals surface area (Å²) in [6, 6.07) is 0. The molecular weight excluding hydrogens is 411 g/mol. The maximum absolute atomic E-state index is 11.1. The standard InChI is InChI=1S/C15H29IN4O3/c1-11(19-22)14(2,3)17-9-6-10-18-15(4,5)12(20-23)7-8-13(16)21/h17-18,22-23H,6-10H2,1-5H3/b19-11+,20-12+. The zero-order valence-electron chi connectivity index (χ0n) is 14.6. The van der Waals surface area contributed by atoms with Gasteiger partial charge in [-0.05, 0) is 83.1 Å². The van der Waals surface area contributed by atoms with E-state index in [9.17, 15) is 4.79 Å². The molecule has 0 fully saturated rings. The van der Waals surface area contributed by atoms with Gasteiger partial charge in [-0.15, -0.1) is 0 Å². The fourth-order valence-electron chi connectivity index (χ4n) is 1.95.